The monoisotopic (exact) mass is 353 g/mol. The Balaban J connectivity index is 2.18. The number of nitrogens with one attached hydrogen (secondary N) is 1. The van der Waals surface area contributed by atoms with E-state index >= 15 is 0 Å². The summed E-state index contributed by atoms with van der Waals surface area (Å²) < 4.78 is 26.9. The van der Waals surface area contributed by atoms with Crippen molar-refractivity contribution in [3.63, 3.8) is 0 Å². The van der Waals surface area contributed by atoms with Crippen molar-refractivity contribution in [3.8, 4) is 0 Å². The molecule has 0 bridgehead atoms. The number of benzene rings is 1. The first-order chi connectivity index (χ1) is 11.4. The molecule has 3 N–H and O–H groups in total. The van der Waals surface area contributed by atoms with Gasteiger partial charge in [0, 0.05) is 31.7 Å². The van der Waals surface area contributed by atoms with Gasteiger partial charge in [0.25, 0.3) is 0 Å². The number of nitrogens with zero attached hydrogens (tertiary/aromatic N) is 1. The fraction of sp³-hybridized carbons (Fsp3) is 0.500. The first kappa shape index (κ1) is 18.6. The Hall–Kier alpha value is -1.77. The van der Waals surface area contributed by atoms with Gasteiger partial charge in [0.15, 0.2) is 5.78 Å². The lowest BCUT2D eigenvalue weighted by molar-refractivity contribution is -0.126. The van der Waals surface area contributed by atoms with Crippen LogP contribution in [0.3, 0.4) is 0 Å². The van der Waals surface area contributed by atoms with Crippen LogP contribution >= 0.6 is 0 Å². The van der Waals surface area contributed by atoms with Gasteiger partial charge in [-0.25, -0.2) is 8.42 Å². The van der Waals surface area contributed by atoms with Crippen LogP contribution < -0.4 is 11.1 Å². The fourth-order valence-corrected chi connectivity index (χ4v) is 4.31. The van der Waals surface area contributed by atoms with Gasteiger partial charge in [0.05, 0.1) is 10.8 Å². The second kappa shape index (κ2) is 7.87. The van der Waals surface area contributed by atoms with Crippen molar-refractivity contribution in [1.82, 2.24) is 9.62 Å². The summed E-state index contributed by atoms with van der Waals surface area (Å²) in [5.74, 6) is -0.737. The van der Waals surface area contributed by atoms with Crippen LogP contribution in [0, 0.1) is 5.92 Å². The molecule has 24 heavy (non-hydrogen) atoms. The summed E-state index contributed by atoms with van der Waals surface area (Å²) in [7, 11) is -3.73. The summed E-state index contributed by atoms with van der Waals surface area (Å²) in [6.07, 6.45) is 1.27. The van der Waals surface area contributed by atoms with Crippen LogP contribution in [0.25, 0.3) is 0 Å². The van der Waals surface area contributed by atoms with Crippen molar-refractivity contribution in [3.05, 3.63) is 29.8 Å². The predicted octanol–water partition coefficient (Wildman–Crippen LogP) is 0.365. The SMILES string of the molecule is CC(=O)c1cccc(S(=O)(=O)N2CCCC(C(=O)NCCN)C2)c1. The Labute approximate surface area is 142 Å². The Kier molecular flexibility index (Phi) is 6.09. The average Bonchev–Trinajstić information content (AvgIpc) is 2.59. The number of carbonyl (C=O) groups excluding carboxylic acids is 2. The molecule has 1 aliphatic heterocycles. The van der Waals surface area contributed by atoms with Gasteiger partial charge >= 0.3 is 0 Å². The van der Waals surface area contributed by atoms with E-state index < -0.39 is 10.0 Å². The van der Waals surface area contributed by atoms with Gasteiger partial charge < -0.3 is 11.1 Å². The maximum Gasteiger partial charge on any atom is 0.243 e. The Morgan fingerprint density at radius 1 is 1.38 bits per heavy atom. The maximum absolute atomic E-state index is 12.8. The highest BCUT2D eigenvalue weighted by Gasteiger charge is 2.33. The molecule has 8 heteroatoms. The lowest BCUT2D eigenvalue weighted by Crippen LogP contribution is -2.46. The first-order valence-electron chi connectivity index (χ1n) is 7.95. The van der Waals surface area contributed by atoms with Gasteiger partial charge in [-0.15, -0.1) is 0 Å². The van der Waals surface area contributed by atoms with Crippen molar-refractivity contribution in [2.75, 3.05) is 26.2 Å². The van der Waals surface area contributed by atoms with Crippen molar-refractivity contribution in [2.24, 2.45) is 11.7 Å². The minimum Gasteiger partial charge on any atom is -0.355 e. The van der Waals surface area contributed by atoms with Crippen molar-refractivity contribution < 1.29 is 18.0 Å². The van der Waals surface area contributed by atoms with Crippen molar-refractivity contribution in [2.45, 2.75) is 24.7 Å². The number of hydrogen-bond donors (Lipinski definition) is 2. The molecule has 0 radical (unpaired) electrons. The molecule has 1 fully saturated rings. The molecule has 1 heterocycles. The molecule has 1 unspecified atom stereocenters. The number of ketones is 1. The molecule has 0 spiro atoms. The molecule has 132 valence electrons. The number of carbonyl (C=O) groups is 2. The molecule has 1 aromatic rings. The zero-order valence-electron chi connectivity index (χ0n) is 13.7. The summed E-state index contributed by atoms with van der Waals surface area (Å²) in [6.45, 7) is 2.63. The topological polar surface area (TPSA) is 110 Å². The molecular weight excluding hydrogens is 330 g/mol. The van der Waals surface area contributed by atoms with Gasteiger partial charge in [-0.1, -0.05) is 12.1 Å². The maximum atomic E-state index is 12.8. The molecule has 0 aliphatic carbocycles. The molecule has 2 rings (SSSR count). The van der Waals surface area contributed by atoms with E-state index in [-0.39, 0.29) is 29.0 Å². The fourth-order valence-electron chi connectivity index (χ4n) is 2.74. The number of Topliss-reactive ketones (excluding diaryl/α,β-unsaturated/α-hetero) is 1. The summed E-state index contributed by atoms with van der Waals surface area (Å²) in [4.78, 5) is 23.6. The zero-order valence-corrected chi connectivity index (χ0v) is 14.5. The second-order valence-electron chi connectivity index (χ2n) is 5.87. The quantitative estimate of drug-likeness (QED) is 0.718. The molecule has 1 saturated heterocycles. The lowest BCUT2D eigenvalue weighted by atomic mass is 9.99. The second-order valence-corrected chi connectivity index (χ2v) is 7.80. The highest BCUT2D eigenvalue weighted by atomic mass is 32.2. The normalized spacial score (nSPS) is 19.0. The first-order valence-corrected chi connectivity index (χ1v) is 9.39. The largest absolute Gasteiger partial charge is 0.355 e. The number of piperidine rings is 1. The van der Waals surface area contributed by atoms with Gasteiger partial charge in [0.2, 0.25) is 15.9 Å². The predicted molar refractivity (Wildman–Crippen MR) is 90.0 cm³/mol. The van der Waals surface area contributed by atoms with Crippen LogP contribution in [-0.2, 0) is 14.8 Å². The van der Waals surface area contributed by atoms with Crippen LogP contribution in [0.1, 0.15) is 30.1 Å². The third kappa shape index (κ3) is 4.19. The van der Waals surface area contributed by atoms with E-state index in [1.165, 1.54) is 23.4 Å². The molecular formula is C16H23N3O4S. The third-order valence-electron chi connectivity index (χ3n) is 4.08. The third-order valence-corrected chi connectivity index (χ3v) is 5.94. The Morgan fingerprint density at radius 2 is 2.12 bits per heavy atom. The van der Waals surface area contributed by atoms with E-state index in [1.54, 1.807) is 12.1 Å². The van der Waals surface area contributed by atoms with Crippen LogP contribution in [0.5, 0.6) is 0 Å². The summed E-state index contributed by atoms with van der Waals surface area (Å²) in [6, 6.07) is 6.00. The van der Waals surface area contributed by atoms with Gasteiger partial charge in [-0.05, 0) is 31.9 Å². The lowest BCUT2D eigenvalue weighted by Gasteiger charge is -2.31. The summed E-state index contributed by atoms with van der Waals surface area (Å²) >= 11 is 0. The molecule has 1 amide bonds. The highest BCUT2D eigenvalue weighted by molar-refractivity contribution is 7.89. The van der Waals surface area contributed by atoms with E-state index in [4.69, 9.17) is 5.73 Å². The number of nitrogens with two attached hydrogens (primary N) is 1. The van der Waals surface area contributed by atoms with Crippen molar-refractivity contribution >= 4 is 21.7 Å². The number of amides is 1. The molecule has 0 saturated carbocycles. The van der Waals surface area contributed by atoms with Crippen LogP contribution in [-0.4, -0.2) is 50.6 Å². The van der Waals surface area contributed by atoms with Gasteiger partial charge in [-0.3, -0.25) is 9.59 Å². The van der Waals surface area contributed by atoms with E-state index in [2.05, 4.69) is 5.32 Å². The zero-order chi connectivity index (χ0) is 17.7. The van der Waals surface area contributed by atoms with Crippen LogP contribution in [0.2, 0.25) is 0 Å². The molecule has 1 aromatic carbocycles. The van der Waals surface area contributed by atoms with E-state index in [9.17, 15) is 18.0 Å². The molecule has 1 aliphatic rings. The molecule has 0 aromatic heterocycles. The van der Waals surface area contributed by atoms with E-state index in [0.717, 1.165) is 0 Å². The van der Waals surface area contributed by atoms with E-state index in [0.29, 0.717) is 38.0 Å². The van der Waals surface area contributed by atoms with E-state index in [1.807, 2.05) is 0 Å². The van der Waals surface area contributed by atoms with Crippen LogP contribution in [0.4, 0.5) is 0 Å². The summed E-state index contributed by atoms with van der Waals surface area (Å²) in [5, 5.41) is 2.71. The number of rotatable bonds is 6. The standard InChI is InChI=1S/C16H23N3O4S/c1-12(20)13-4-2-6-15(10-13)24(22,23)19-9-3-5-14(11-19)16(21)18-8-7-17/h2,4,6,10,14H,3,5,7-9,11,17H2,1H3,(H,18,21). The summed E-state index contributed by atoms with van der Waals surface area (Å²) in [5.41, 5.74) is 5.72. The van der Waals surface area contributed by atoms with Gasteiger partial charge in [0.1, 0.15) is 0 Å². The minimum atomic E-state index is -3.73. The van der Waals surface area contributed by atoms with Crippen molar-refractivity contribution in [1.29, 1.82) is 0 Å². The molecule has 7 nitrogen and oxygen atoms in total. The van der Waals surface area contributed by atoms with Gasteiger partial charge in [-0.2, -0.15) is 4.31 Å². The Bertz CT molecular complexity index is 718. The Morgan fingerprint density at radius 3 is 2.79 bits per heavy atom. The minimum absolute atomic E-state index is 0.0817. The molecule has 1 atom stereocenters. The average molecular weight is 353 g/mol. The van der Waals surface area contributed by atoms with Crippen LogP contribution in [0.15, 0.2) is 29.2 Å². The smallest absolute Gasteiger partial charge is 0.243 e. The highest BCUT2D eigenvalue weighted by Crippen LogP contribution is 2.24. The number of sulfonamides is 1. The number of hydrogen-bond acceptors (Lipinski definition) is 5.